The fraction of sp³-hybridized carbons (Fsp3) is 0.188. The number of aromatic nitrogens is 1. The number of nitrogens with one attached hydrogen (secondary N) is 2. The largest absolute Gasteiger partial charge is 0.465 e. The summed E-state index contributed by atoms with van der Waals surface area (Å²) >= 11 is 5.18. The fourth-order valence-corrected chi connectivity index (χ4v) is 2.38. The summed E-state index contributed by atoms with van der Waals surface area (Å²) in [6, 6.07) is 8.88. The minimum atomic E-state index is -0.600. The summed E-state index contributed by atoms with van der Waals surface area (Å²) in [5.74, 6) is -1.05. The number of esters is 1. The first kappa shape index (κ1) is 15.9. The van der Waals surface area contributed by atoms with Crippen LogP contribution in [0.1, 0.15) is 32.0 Å². The predicted octanol–water partition coefficient (Wildman–Crippen LogP) is 3.40. The van der Waals surface area contributed by atoms with Gasteiger partial charge in [-0.15, -0.1) is 0 Å². The molecule has 22 heavy (non-hydrogen) atoms. The van der Waals surface area contributed by atoms with E-state index in [4.69, 9.17) is 17.0 Å². The van der Waals surface area contributed by atoms with Crippen molar-refractivity contribution >= 4 is 29.8 Å². The van der Waals surface area contributed by atoms with Crippen LogP contribution in [0.15, 0.2) is 30.3 Å². The molecule has 0 saturated carbocycles. The zero-order valence-corrected chi connectivity index (χ0v) is 13.3. The molecule has 2 rings (SSSR count). The summed E-state index contributed by atoms with van der Waals surface area (Å²) in [5, 5.41) is 2.73. The van der Waals surface area contributed by atoms with Crippen molar-refractivity contribution in [3.8, 4) is 0 Å². The maximum atomic E-state index is 12.5. The monoisotopic (exact) mass is 316 g/mol. The first-order chi connectivity index (χ1) is 10.4. The number of pyridine rings is 1. The highest BCUT2D eigenvalue weighted by Gasteiger charge is 2.20. The fourth-order valence-electron chi connectivity index (χ4n) is 2.02. The van der Waals surface area contributed by atoms with Crippen LogP contribution in [0.2, 0.25) is 0 Å². The van der Waals surface area contributed by atoms with Gasteiger partial charge in [-0.2, -0.15) is 0 Å². The van der Waals surface area contributed by atoms with Crippen LogP contribution in [0.3, 0.4) is 0 Å². The second kappa shape index (κ2) is 6.53. The third-order valence-corrected chi connectivity index (χ3v) is 3.42. The average Bonchev–Trinajstić information content (AvgIpc) is 2.47. The van der Waals surface area contributed by atoms with Gasteiger partial charge in [-0.25, -0.2) is 4.79 Å². The number of anilines is 1. The van der Waals surface area contributed by atoms with Crippen LogP contribution in [-0.2, 0) is 4.74 Å². The number of carbonyl (C=O) groups is 2. The number of methoxy groups -OCH3 is 1. The first-order valence-electron chi connectivity index (χ1n) is 6.62. The number of hydrogen-bond donors (Lipinski definition) is 2. The lowest BCUT2D eigenvalue weighted by atomic mass is 10.1. The van der Waals surface area contributed by atoms with Crippen LogP contribution in [0, 0.1) is 18.5 Å². The molecule has 0 fully saturated rings. The minimum absolute atomic E-state index is 0.105. The maximum Gasteiger partial charge on any atom is 0.338 e. The summed E-state index contributed by atoms with van der Waals surface area (Å²) in [4.78, 5) is 27.2. The molecule has 0 aliphatic carbocycles. The highest BCUT2D eigenvalue weighted by molar-refractivity contribution is 7.71. The smallest absolute Gasteiger partial charge is 0.338 e. The van der Waals surface area contributed by atoms with Crippen molar-refractivity contribution in [1.29, 1.82) is 0 Å². The van der Waals surface area contributed by atoms with E-state index in [9.17, 15) is 9.59 Å². The van der Waals surface area contributed by atoms with Crippen molar-refractivity contribution in [3.05, 3.63) is 57.4 Å². The Hall–Kier alpha value is -2.47. The number of amides is 1. The molecule has 2 aromatic rings. The van der Waals surface area contributed by atoms with Crippen LogP contribution in [-0.4, -0.2) is 24.0 Å². The molecule has 6 heteroatoms. The third-order valence-electron chi connectivity index (χ3n) is 3.11. The lowest BCUT2D eigenvalue weighted by Gasteiger charge is -2.10. The summed E-state index contributed by atoms with van der Waals surface area (Å²) in [6.07, 6.45) is 0. The Balaban J connectivity index is 2.42. The number of carbonyl (C=O) groups excluding carboxylic acids is 2. The molecule has 0 aliphatic heterocycles. The van der Waals surface area contributed by atoms with Gasteiger partial charge in [0.1, 0.15) is 4.64 Å². The molecule has 0 atom stereocenters. The van der Waals surface area contributed by atoms with E-state index >= 15 is 0 Å². The first-order valence-corrected chi connectivity index (χ1v) is 7.03. The average molecular weight is 316 g/mol. The van der Waals surface area contributed by atoms with E-state index in [0.717, 1.165) is 5.56 Å². The second-order valence-electron chi connectivity index (χ2n) is 4.88. The Morgan fingerprint density at radius 3 is 2.41 bits per heavy atom. The summed E-state index contributed by atoms with van der Waals surface area (Å²) in [7, 11) is 1.26. The molecule has 0 radical (unpaired) electrons. The quantitative estimate of drug-likeness (QED) is 0.672. The molecule has 0 unspecified atom stereocenters. The number of aryl methyl sites for hydroxylation is 2. The third kappa shape index (κ3) is 3.40. The molecule has 0 aliphatic rings. The Bertz CT molecular complexity index is 779. The molecule has 1 heterocycles. The number of H-pyrrole nitrogens is 1. The molecule has 0 spiro atoms. The van der Waals surface area contributed by atoms with E-state index in [1.54, 1.807) is 25.1 Å². The van der Waals surface area contributed by atoms with E-state index < -0.39 is 11.9 Å². The Labute approximate surface area is 133 Å². The SMILES string of the molecule is COC(=O)c1cc(C)[nH]c(=S)c1C(=O)Nc1ccc(C)cc1. The van der Waals surface area contributed by atoms with Gasteiger partial charge in [0.15, 0.2) is 0 Å². The van der Waals surface area contributed by atoms with Crippen LogP contribution in [0.4, 0.5) is 5.69 Å². The van der Waals surface area contributed by atoms with Crippen molar-refractivity contribution in [3.63, 3.8) is 0 Å². The summed E-state index contributed by atoms with van der Waals surface area (Å²) < 4.78 is 4.92. The molecular formula is C16H16N2O3S. The number of ether oxygens (including phenoxy) is 1. The highest BCUT2D eigenvalue weighted by Crippen LogP contribution is 2.16. The normalized spacial score (nSPS) is 10.1. The van der Waals surface area contributed by atoms with E-state index in [0.29, 0.717) is 11.4 Å². The van der Waals surface area contributed by atoms with Gasteiger partial charge in [0, 0.05) is 11.4 Å². The van der Waals surface area contributed by atoms with Gasteiger partial charge in [-0.05, 0) is 32.0 Å². The lowest BCUT2D eigenvalue weighted by molar-refractivity contribution is 0.0597. The van der Waals surface area contributed by atoms with Gasteiger partial charge in [-0.1, -0.05) is 29.9 Å². The van der Waals surface area contributed by atoms with Crippen LogP contribution in [0.5, 0.6) is 0 Å². The van der Waals surface area contributed by atoms with Crippen molar-refractivity contribution in [2.45, 2.75) is 13.8 Å². The van der Waals surface area contributed by atoms with Gasteiger partial charge in [0.05, 0.1) is 18.2 Å². The molecular weight excluding hydrogens is 300 g/mol. The zero-order valence-electron chi connectivity index (χ0n) is 12.5. The van der Waals surface area contributed by atoms with Crippen molar-refractivity contribution in [1.82, 2.24) is 4.98 Å². The van der Waals surface area contributed by atoms with E-state index in [-0.39, 0.29) is 15.8 Å². The van der Waals surface area contributed by atoms with E-state index in [2.05, 4.69) is 10.3 Å². The van der Waals surface area contributed by atoms with Crippen LogP contribution < -0.4 is 5.32 Å². The van der Waals surface area contributed by atoms with Crippen molar-refractivity contribution in [2.75, 3.05) is 12.4 Å². The molecule has 5 nitrogen and oxygen atoms in total. The number of rotatable bonds is 3. The molecule has 0 saturated heterocycles. The molecule has 1 amide bonds. The maximum absolute atomic E-state index is 12.5. The van der Waals surface area contributed by atoms with Crippen molar-refractivity contribution < 1.29 is 14.3 Å². The second-order valence-corrected chi connectivity index (χ2v) is 5.29. The van der Waals surface area contributed by atoms with E-state index in [1.807, 2.05) is 19.1 Å². The number of benzene rings is 1. The topological polar surface area (TPSA) is 71.2 Å². The zero-order chi connectivity index (χ0) is 16.3. The lowest BCUT2D eigenvalue weighted by Crippen LogP contribution is -2.19. The summed E-state index contributed by atoms with van der Waals surface area (Å²) in [5.41, 5.74) is 2.64. The van der Waals surface area contributed by atoms with Crippen LogP contribution >= 0.6 is 12.2 Å². The summed E-state index contributed by atoms with van der Waals surface area (Å²) in [6.45, 7) is 3.71. The van der Waals surface area contributed by atoms with Gasteiger partial charge < -0.3 is 15.0 Å². The molecule has 0 bridgehead atoms. The Morgan fingerprint density at radius 2 is 1.82 bits per heavy atom. The molecule has 1 aromatic carbocycles. The standard InChI is InChI=1S/C16H16N2O3S/c1-9-4-6-11(7-5-9)18-14(19)13-12(16(20)21-3)8-10(2)17-15(13)22/h4-8H,1-3H3,(H,17,22)(H,18,19). The van der Waals surface area contributed by atoms with Crippen molar-refractivity contribution in [2.24, 2.45) is 0 Å². The van der Waals surface area contributed by atoms with Gasteiger partial charge in [0.2, 0.25) is 0 Å². The van der Waals surface area contributed by atoms with Gasteiger partial charge >= 0.3 is 5.97 Å². The van der Waals surface area contributed by atoms with Gasteiger partial charge in [0.25, 0.3) is 5.91 Å². The number of hydrogen-bond acceptors (Lipinski definition) is 4. The predicted molar refractivity (Wildman–Crippen MR) is 86.8 cm³/mol. The number of aromatic amines is 1. The van der Waals surface area contributed by atoms with E-state index in [1.165, 1.54) is 7.11 Å². The molecule has 114 valence electrons. The highest BCUT2D eigenvalue weighted by atomic mass is 32.1. The Morgan fingerprint density at radius 1 is 1.18 bits per heavy atom. The van der Waals surface area contributed by atoms with Crippen LogP contribution in [0.25, 0.3) is 0 Å². The van der Waals surface area contributed by atoms with Gasteiger partial charge in [-0.3, -0.25) is 4.79 Å². The minimum Gasteiger partial charge on any atom is -0.465 e. The molecule has 1 aromatic heterocycles. The Kier molecular flexibility index (Phi) is 4.72. The molecule has 2 N–H and O–H groups in total.